The van der Waals surface area contributed by atoms with E-state index in [1.165, 1.54) is 0 Å². The van der Waals surface area contributed by atoms with Gasteiger partial charge in [-0.2, -0.15) is 0 Å². The highest BCUT2D eigenvalue weighted by Crippen LogP contribution is 2.24. The molecule has 0 heterocycles. The molecule has 110 valence electrons. The van der Waals surface area contributed by atoms with Crippen molar-refractivity contribution in [1.82, 2.24) is 5.32 Å². The van der Waals surface area contributed by atoms with Gasteiger partial charge in [-0.1, -0.05) is 0 Å². The average Bonchev–Trinajstić information content (AvgIpc) is 2.24. The number of nitrogen functional groups attached to an aromatic ring is 1. The first kappa shape index (κ1) is 15.8. The van der Waals surface area contributed by atoms with Crippen LogP contribution in [0.5, 0.6) is 5.75 Å². The summed E-state index contributed by atoms with van der Waals surface area (Å²) in [6, 6.07) is 5.09. The largest absolute Gasteiger partial charge is 0.497 e. The number of hydrogen-bond donors (Lipinski definition) is 2. The summed E-state index contributed by atoms with van der Waals surface area (Å²) in [5, 5.41) is 2.55. The molecule has 0 aliphatic carbocycles. The summed E-state index contributed by atoms with van der Waals surface area (Å²) in [5.74, 6) is 1.01. The molecule has 0 saturated heterocycles. The van der Waals surface area contributed by atoms with Crippen molar-refractivity contribution in [2.24, 2.45) is 4.99 Å². The van der Waals surface area contributed by atoms with Crippen LogP contribution in [0.1, 0.15) is 27.7 Å². The number of aliphatic imine (C=N–C) groups is 1. The van der Waals surface area contributed by atoms with E-state index in [-0.39, 0.29) is 0 Å². The smallest absolute Gasteiger partial charge is 0.413 e. The molecule has 0 atom stereocenters. The zero-order valence-corrected chi connectivity index (χ0v) is 12.5. The number of amides is 1. The van der Waals surface area contributed by atoms with Gasteiger partial charge in [0.15, 0.2) is 0 Å². The van der Waals surface area contributed by atoms with Crippen LogP contribution in [-0.2, 0) is 4.74 Å². The van der Waals surface area contributed by atoms with Gasteiger partial charge in [-0.25, -0.2) is 9.79 Å². The number of nitrogens with zero attached hydrogens (tertiary/aromatic N) is 1. The second-order valence-corrected chi connectivity index (χ2v) is 5.29. The molecule has 0 aromatic heterocycles. The molecule has 0 spiro atoms. The molecular weight excluding hydrogens is 258 g/mol. The molecule has 0 aliphatic heterocycles. The van der Waals surface area contributed by atoms with Crippen molar-refractivity contribution in [3.05, 3.63) is 18.2 Å². The molecule has 0 unspecified atom stereocenters. The Morgan fingerprint density at radius 2 is 1.95 bits per heavy atom. The van der Waals surface area contributed by atoms with Gasteiger partial charge in [-0.15, -0.1) is 0 Å². The fraction of sp³-hybridized carbons (Fsp3) is 0.429. The van der Waals surface area contributed by atoms with E-state index >= 15 is 0 Å². The van der Waals surface area contributed by atoms with Gasteiger partial charge in [0.1, 0.15) is 17.2 Å². The monoisotopic (exact) mass is 279 g/mol. The minimum Gasteiger partial charge on any atom is -0.497 e. The molecule has 20 heavy (non-hydrogen) atoms. The third-order valence-electron chi connectivity index (χ3n) is 2.13. The Kier molecular flexibility index (Phi) is 4.96. The fourth-order valence-electron chi connectivity index (χ4n) is 1.46. The number of benzene rings is 1. The summed E-state index contributed by atoms with van der Waals surface area (Å²) < 4.78 is 10.2. The van der Waals surface area contributed by atoms with Crippen molar-refractivity contribution in [3.8, 4) is 5.75 Å². The van der Waals surface area contributed by atoms with Gasteiger partial charge in [0.2, 0.25) is 0 Å². The predicted molar refractivity (Wildman–Crippen MR) is 79.5 cm³/mol. The summed E-state index contributed by atoms with van der Waals surface area (Å²) in [5.41, 5.74) is 6.31. The number of hydrogen-bond acceptors (Lipinski definition) is 5. The van der Waals surface area contributed by atoms with Crippen molar-refractivity contribution < 1.29 is 14.3 Å². The number of nitrogens with two attached hydrogens (primary N) is 1. The maximum atomic E-state index is 11.6. The Morgan fingerprint density at radius 1 is 1.30 bits per heavy atom. The lowest BCUT2D eigenvalue weighted by Crippen LogP contribution is -2.35. The third kappa shape index (κ3) is 5.60. The highest BCUT2D eigenvalue weighted by atomic mass is 16.6. The molecule has 0 saturated carbocycles. The minimum absolute atomic E-state index is 0.409. The number of rotatable bonds is 2. The summed E-state index contributed by atoms with van der Waals surface area (Å²) >= 11 is 0. The Bertz CT molecular complexity index is 519. The Balaban J connectivity index is 2.79. The van der Waals surface area contributed by atoms with Crippen LogP contribution in [-0.4, -0.2) is 24.6 Å². The lowest BCUT2D eigenvalue weighted by atomic mass is 10.2. The molecule has 0 bridgehead atoms. The van der Waals surface area contributed by atoms with E-state index in [0.717, 1.165) is 0 Å². The van der Waals surface area contributed by atoms with E-state index < -0.39 is 11.7 Å². The van der Waals surface area contributed by atoms with Crippen LogP contribution in [0.4, 0.5) is 16.2 Å². The Labute approximate surface area is 119 Å². The lowest BCUT2D eigenvalue weighted by Gasteiger charge is -2.19. The highest BCUT2D eigenvalue weighted by Gasteiger charge is 2.16. The average molecular weight is 279 g/mol. The summed E-state index contributed by atoms with van der Waals surface area (Å²) in [6.07, 6.45) is -0.547. The van der Waals surface area contributed by atoms with Crippen LogP contribution in [0, 0.1) is 0 Å². The van der Waals surface area contributed by atoms with E-state index in [1.54, 1.807) is 53.0 Å². The Hall–Kier alpha value is -2.24. The van der Waals surface area contributed by atoms with E-state index in [2.05, 4.69) is 10.3 Å². The molecule has 1 rings (SSSR count). The van der Waals surface area contributed by atoms with Gasteiger partial charge >= 0.3 is 6.09 Å². The maximum absolute atomic E-state index is 11.6. The molecule has 6 heteroatoms. The SMILES string of the molecule is COc1cc(N)cc(N=C(C)NC(=O)OC(C)(C)C)c1. The van der Waals surface area contributed by atoms with Crippen LogP contribution in [0.15, 0.2) is 23.2 Å². The van der Waals surface area contributed by atoms with Crippen LogP contribution in [0.25, 0.3) is 0 Å². The zero-order valence-electron chi connectivity index (χ0n) is 12.5. The molecule has 0 radical (unpaired) electrons. The topological polar surface area (TPSA) is 85.9 Å². The highest BCUT2D eigenvalue weighted by molar-refractivity contribution is 5.95. The predicted octanol–water partition coefficient (Wildman–Crippen LogP) is 2.85. The second kappa shape index (κ2) is 6.27. The standard InChI is InChI=1S/C14H21N3O3/c1-9(17-13(18)20-14(2,3)4)16-11-6-10(15)7-12(8-11)19-5/h6-8H,15H2,1-5H3,(H,16,17,18). The van der Waals surface area contributed by atoms with E-state index in [1.807, 2.05) is 0 Å². The van der Waals surface area contributed by atoms with Crippen molar-refractivity contribution >= 4 is 23.3 Å². The molecular formula is C14H21N3O3. The van der Waals surface area contributed by atoms with Gasteiger partial charge in [0.05, 0.1) is 12.8 Å². The normalized spacial score (nSPS) is 11.9. The summed E-state index contributed by atoms with van der Waals surface area (Å²) in [7, 11) is 1.55. The van der Waals surface area contributed by atoms with Gasteiger partial charge in [-0.3, -0.25) is 5.32 Å². The van der Waals surface area contributed by atoms with Gasteiger partial charge in [0.25, 0.3) is 0 Å². The molecule has 3 N–H and O–H groups in total. The number of amidine groups is 1. The van der Waals surface area contributed by atoms with Crippen molar-refractivity contribution in [1.29, 1.82) is 0 Å². The van der Waals surface area contributed by atoms with Crippen molar-refractivity contribution in [2.45, 2.75) is 33.3 Å². The molecule has 0 aliphatic rings. The van der Waals surface area contributed by atoms with Gasteiger partial charge < -0.3 is 15.2 Å². The first-order valence-electron chi connectivity index (χ1n) is 6.19. The number of ether oxygens (including phenoxy) is 2. The van der Waals surface area contributed by atoms with Crippen LogP contribution < -0.4 is 15.8 Å². The maximum Gasteiger partial charge on any atom is 0.413 e. The lowest BCUT2D eigenvalue weighted by molar-refractivity contribution is 0.0563. The summed E-state index contributed by atoms with van der Waals surface area (Å²) in [4.78, 5) is 15.8. The Morgan fingerprint density at radius 3 is 2.50 bits per heavy atom. The number of alkyl carbamates (subject to hydrolysis) is 1. The van der Waals surface area contributed by atoms with E-state index in [9.17, 15) is 4.79 Å². The molecule has 6 nitrogen and oxygen atoms in total. The second-order valence-electron chi connectivity index (χ2n) is 5.29. The quantitative estimate of drug-likeness (QED) is 0.495. The minimum atomic E-state index is -0.551. The molecule has 1 aromatic carbocycles. The van der Waals surface area contributed by atoms with Crippen LogP contribution in [0.3, 0.4) is 0 Å². The molecule has 1 amide bonds. The van der Waals surface area contributed by atoms with Crippen LogP contribution >= 0.6 is 0 Å². The fourth-order valence-corrected chi connectivity index (χ4v) is 1.46. The zero-order chi connectivity index (χ0) is 15.3. The summed E-state index contributed by atoms with van der Waals surface area (Å²) in [6.45, 7) is 7.05. The number of methoxy groups -OCH3 is 1. The number of nitrogens with one attached hydrogen (secondary N) is 1. The van der Waals surface area contributed by atoms with E-state index in [0.29, 0.717) is 23.0 Å². The molecule has 1 aromatic rings. The van der Waals surface area contributed by atoms with Gasteiger partial charge in [0, 0.05) is 17.8 Å². The van der Waals surface area contributed by atoms with Crippen LogP contribution in [0.2, 0.25) is 0 Å². The molecule has 0 fully saturated rings. The van der Waals surface area contributed by atoms with Gasteiger partial charge in [-0.05, 0) is 33.8 Å². The first-order valence-corrected chi connectivity index (χ1v) is 6.19. The van der Waals surface area contributed by atoms with Crippen molar-refractivity contribution in [2.75, 3.05) is 12.8 Å². The number of carbonyl (C=O) groups is 1. The van der Waals surface area contributed by atoms with E-state index in [4.69, 9.17) is 15.2 Å². The van der Waals surface area contributed by atoms with Crippen molar-refractivity contribution in [3.63, 3.8) is 0 Å². The first-order chi connectivity index (χ1) is 9.19. The number of anilines is 1. The number of carbonyl (C=O) groups excluding carboxylic acids is 1. The third-order valence-corrected chi connectivity index (χ3v) is 2.13.